The summed E-state index contributed by atoms with van der Waals surface area (Å²) in [6, 6.07) is 0. The maximum atomic E-state index is 12.7. The zero-order valence-corrected chi connectivity index (χ0v) is 38.2. The maximum Gasteiger partial charge on any atom is 0.472 e. The monoisotopic (exact) mass is 892 g/mol. The first-order chi connectivity index (χ1) is 28.8. The number of esters is 2. The molecular weight excluding hydrogens is 814 g/mol. The number of aliphatic hydroxyl groups is 2. The lowest BCUT2D eigenvalue weighted by molar-refractivity contribution is -0.161. The molecule has 0 rings (SSSR count). The van der Waals surface area contributed by atoms with E-state index in [0.29, 0.717) is 19.3 Å². The molecule has 2 unspecified atom stereocenters. The number of phosphoric ester groups is 2. The smallest absolute Gasteiger partial charge is 0.462 e. The van der Waals surface area contributed by atoms with Crippen molar-refractivity contribution < 1.29 is 66.7 Å². The number of rotatable bonds is 41. The van der Waals surface area contributed by atoms with Crippen molar-refractivity contribution in [3.8, 4) is 0 Å². The van der Waals surface area contributed by atoms with Crippen molar-refractivity contribution in [3.63, 3.8) is 0 Å². The highest BCUT2D eigenvalue weighted by Crippen LogP contribution is 2.43. The molecule has 0 spiro atoms. The number of phosphoric acid groups is 2. The molecule has 0 aliphatic carbocycles. The Kier molecular flexibility index (Phi) is 38.1. The van der Waals surface area contributed by atoms with Gasteiger partial charge in [0.05, 0.1) is 25.9 Å². The number of ether oxygens (including phenoxy) is 2. The predicted molar refractivity (Wildman–Crippen MR) is 236 cm³/mol. The van der Waals surface area contributed by atoms with E-state index in [9.17, 15) is 33.8 Å². The summed E-state index contributed by atoms with van der Waals surface area (Å²) in [7, 11) is -9.74. The quantitative estimate of drug-likeness (QED) is 0.0127. The fourth-order valence-corrected chi connectivity index (χ4v) is 6.74. The summed E-state index contributed by atoms with van der Waals surface area (Å²) in [6.07, 6.45) is 38.1. The zero-order valence-electron chi connectivity index (χ0n) is 36.4. The van der Waals surface area contributed by atoms with Gasteiger partial charge in [0, 0.05) is 12.8 Å². The Morgan fingerprint density at radius 3 is 1.70 bits per heavy atom. The van der Waals surface area contributed by atoms with Crippen LogP contribution >= 0.6 is 15.6 Å². The lowest BCUT2D eigenvalue weighted by Crippen LogP contribution is -2.30. The van der Waals surface area contributed by atoms with Crippen molar-refractivity contribution in [2.75, 3.05) is 26.4 Å². The number of unbranched alkanes of at least 4 members (excludes halogenated alkanes) is 15. The minimum Gasteiger partial charge on any atom is -0.462 e. The Bertz CT molecular complexity index is 1310. The first kappa shape index (κ1) is 57.8. The van der Waals surface area contributed by atoms with E-state index in [-0.39, 0.29) is 12.8 Å². The molecule has 4 atom stereocenters. The minimum atomic E-state index is -4.88. The summed E-state index contributed by atoms with van der Waals surface area (Å²) < 4.78 is 47.6. The number of hydrogen-bond donors (Lipinski definition) is 5. The molecule has 0 amide bonds. The van der Waals surface area contributed by atoms with Crippen LogP contribution in [-0.4, -0.2) is 81.6 Å². The molecule has 0 aromatic rings. The standard InChI is InChI=1S/C44H78O14P2/c1-3-5-7-9-11-13-15-17-18-20-22-24-26-28-30-34-44(48)58-42(39-57-60(52,53)56-37-41(46)36-55-59(49,50)51)38-54-43(47)35-31-33-40(45)32-29-27-25-23-21-19-16-14-12-10-8-6-4-2/h13,15,17-19,21,25,27,29,32,40-42,45-46H,3-12,14,16,20,22-24,26,28,30-31,33-39H2,1-2H3,(H,52,53)(H2,49,50,51)/b15-13-,18-17-,21-19+,27-25+,32-29+/t40?,41-,42+/m0/s1. The van der Waals surface area contributed by atoms with E-state index >= 15 is 0 Å². The molecule has 0 bridgehead atoms. The van der Waals surface area contributed by atoms with Gasteiger partial charge in [0.25, 0.3) is 0 Å². The molecule has 16 heteroatoms. The van der Waals surface area contributed by atoms with Gasteiger partial charge >= 0.3 is 27.6 Å². The van der Waals surface area contributed by atoms with Gasteiger partial charge in [-0.3, -0.25) is 23.2 Å². The first-order valence-corrected chi connectivity index (χ1v) is 25.1. The number of hydrogen-bond acceptors (Lipinski definition) is 11. The van der Waals surface area contributed by atoms with E-state index in [2.05, 4.69) is 59.4 Å². The lowest BCUT2D eigenvalue weighted by Gasteiger charge is -2.20. The molecule has 5 N–H and O–H groups in total. The average molecular weight is 893 g/mol. The van der Waals surface area contributed by atoms with Gasteiger partial charge in [0.15, 0.2) is 6.10 Å². The van der Waals surface area contributed by atoms with Crippen LogP contribution in [0.15, 0.2) is 60.8 Å². The van der Waals surface area contributed by atoms with Crippen LogP contribution in [0.3, 0.4) is 0 Å². The topological polar surface area (TPSA) is 216 Å². The van der Waals surface area contributed by atoms with Crippen LogP contribution in [-0.2, 0) is 41.8 Å². The van der Waals surface area contributed by atoms with Gasteiger partial charge in [0.1, 0.15) is 12.7 Å². The van der Waals surface area contributed by atoms with Crippen molar-refractivity contribution in [1.82, 2.24) is 0 Å². The van der Waals surface area contributed by atoms with Crippen LogP contribution < -0.4 is 0 Å². The van der Waals surface area contributed by atoms with Crippen LogP contribution in [0.4, 0.5) is 0 Å². The van der Waals surface area contributed by atoms with Crippen molar-refractivity contribution in [3.05, 3.63) is 60.8 Å². The van der Waals surface area contributed by atoms with Crippen molar-refractivity contribution in [1.29, 1.82) is 0 Å². The summed E-state index contributed by atoms with van der Waals surface area (Å²) in [4.78, 5) is 52.7. The second-order valence-corrected chi connectivity index (χ2v) is 17.5. The van der Waals surface area contributed by atoms with Gasteiger partial charge in [-0.15, -0.1) is 0 Å². The maximum absolute atomic E-state index is 12.7. The number of carbonyl (C=O) groups excluding carboxylic acids is 2. The summed E-state index contributed by atoms with van der Waals surface area (Å²) in [5.74, 6) is -1.25. The predicted octanol–water partition coefficient (Wildman–Crippen LogP) is 10.2. The van der Waals surface area contributed by atoms with Crippen molar-refractivity contribution in [2.45, 2.75) is 180 Å². The van der Waals surface area contributed by atoms with Gasteiger partial charge in [-0.25, -0.2) is 9.13 Å². The summed E-state index contributed by atoms with van der Waals surface area (Å²) in [5, 5.41) is 20.0. The van der Waals surface area contributed by atoms with Crippen LogP contribution in [0.5, 0.6) is 0 Å². The van der Waals surface area contributed by atoms with Crippen LogP contribution in [0.25, 0.3) is 0 Å². The lowest BCUT2D eigenvalue weighted by atomic mass is 10.1. The minimum absolute atomic E-state index is 0.0343. The van der Waals surface area contributed by atoms with Gasteiger partial charge in [-0.1, -0.05) is 145 Å². The summed E-state index contributed by atoms with van der Waals surface area (Å²) in [6.45, 7) is 1.50. The first-order valence-electron chi connectivity index (χ1n) is 22.1. The molecule has 14 nitrogen and oxygen atoms in total. The molecule has 348 valence electrons. The summed E-state index contributed by atoms with van der Waals surface area (Å²) in [5.41, 5.74) is 0. The molecule has 0 aromatic heterocycles. The molecule has 0 fully saturated rings. The Morgan fingerprint density at radius 2 is 1.07 bits per heavy atom. The number of carbonyl (C=O) groups is 2. The third kappa shape index (κ3) is 42.5. The van der Waals surface area contributed by atoms with Crippen LogP contribution in [0.2, 0.25) is 0 Å². The van der Waals surface area contributed by atoms with E-state index in [4.69, 9.17) is 23.8 Å². The van der Waals surface area contributed by atoms with E-state index in [0.717, 1.165) is 51.4 Å². The largest absolute Gasteiger partial charge is 0.472 e. The third-order valence-electron chi connectivity index (χ3n) is 9.00. The second kappa shape index (κ2) is 39.6. The zero-order chi connectivity index (χ0) is 44.6. The van der Waals surface area contributed by atoms with E-state index in [1.54, 1.807) is 12.2 Å². The highest BCUT2D eigenvalue weighted by molar-refractivity contribution is 7.47. The molecule has 0 aliphatic heterocycles. The third-order valence-corrected chi connectivity index (χ3v) is 10.4. The Balaban J connectivity index is 4.72. The van der Waals surface area contributed by atoms with E-state index in [1.807, 2.05) is 12.2 Å². The SMILES string of the molecule is CCCCCC/C=C\C=C/CCCCCCCC(=O)O[C@H](COC(=O)CCCC(O)/C=C/C=C/C/C=C/CCCCCCCC)COP(=O)(O)OC[C@@H](O)COP(=O)(O)O. The van der Waals surface area contributed by atoms with Gasteiger partial charge < -0.3 is 34.4 Å². The molecule has 0 aliphatic rings. The number of allylic oxidation sites excluding steroid dienone is 9. The van der Waals surface area contributed by atoms with E-state index < -0.39 is 72.3 Å². The Hall–Kier alpha value is -2.22. The molecule has 0 saturated heterocycles. The van der Waals surface area contributed by atoms with Gasteiger partial charge in [-0.2, -0.15) is 0 Å². The fraction of sp³-hybridized carbons (Fsp3) is 0.727. The fourth-order valence-electron chi connectivity index (χ4n) is 5.58. The van der Waals surface area contributed by atoms with Gasteiger partial charge in [-0.05, 0) is 64.2 Å². The van der Waals surface area contributed by atoms with Gasteiger partial charge in [0.2, 0.25) is 0 Å². The normalized spacial score (nSPS) is 15.1. The average Bonchev–Trinajstić information content (AvgIpc) is 3.20. The molecule has 60 heavy (non-hydrogen) atoms. The second-order valence-electron chi connectivity index (χ2n) is 14.8. The molecule has 0 heterocycles. The Morgan fingerprint density at radius 1 is 0.550 bits per heavy atom. The van der Waals surface area contributed by atoms with E-state index in [1.165, 1.54) is 64.2 Å². The van der Waals surface area contributed by atoms with Crippen molar-refractivity contribution >= 4 is 27.6 Å². The van der Waals surface area contributed by atoms with Crippen molar-refractivity contribution in [2.24, 2.45) is 0 Å². The molecular formula is C44H78O14P2. The molecule has 0 saturated carbocycles. The molecule has 0 radical (unpaired) electrons. The highest BCUT2D eigenvalue weighted by atomic mass is 31.2. The molecule has 0 aromatic carbocycles. The Labute approximate surface area is 360 Å². The summed E-state index contributed by atoms with van der Waals surface area (Å²) >= 11 is 0. The highest BCUT2D eigenvalue weighted by Gasteiger charge is 2.28. The number of aliphatic hydroxyl groups excluding tert-OH is 2. The van der Waals surface area contributed by atoms with Crippen LogP contribution in [0.1, 0.15) is 162 Å². The van der Waals surface area contributed by atoms with Crippen LogP contribution in [0, 0.1) is 0 Å².